The Morgan fingerprint density at radius 2 is 2.12 bits per heavy atom. The SMILES string of the molecule is COc1cc(/C=C(/Cl)c2nc(-c3ccsc3)no2)cc(Cl)c1OC. The highest BCUT2D eigenvalue weighted by Gasteiger charge is 2.14. The highest BCUT2D eigenvalue weighted by atomic mass is 35.5. The van der Waals surface area contributed by atoms with Gasteiger partial charge in [0.1, 0.15) is 5.03 Å². The molecule has 0 bridgehead atoms. The summed E-state index contributed by atoms with van der Waals surface area (Å²) >= 11 is 14.0. The topological polar surface area (TPSA) is 57.4 Å². The molecule has 0 amide bonds. The van der Waals surface area contributed by atoms with Gasteiger partial charge < -0.3 is 14.0 Å². The van der Waals surface area contributed by atoms with Crippen LogP contribution >= 0.6 is 34.5 Å². The van der Waals surface area contributed by atoms with Crippen molar-refractivity contribution in [1.82, 2.24) is 10.1 Å². The third-order valence-corrected chi connectivity index (χ3v) is 4.39. The van der Waals surface area contributed by atoms with Crippen molar-refractivity contribution in [3.8, 4) is 22.9 Å². The number of aromatic nitrogens is 2. The van der Waals surface area contributed by atoms with Crippen LogP contribution < -0.4 is 9.47 Å². The predicted molar refractivity (Wildman–Crippen MR) is 95.9 cm³/mol. The first-order chi connectivity index (χ1) is 11.6. The molecule has 2 heterocycles. The molecule has 0 saturated carbocycles. The van der Waals surface area contributed by atoms with Crippen LogP contribution in [0, 0.1) is 0 Å². The Balaban J connectivity index is 1.92. The lowest BCUT2D eigenvalue weighted by atomic mass is 10.2. The third-order valence-electron chi connectivity index (χ3n) is 3.16. The minimum Gasteiger partial charge on any atom is -0.493 e. The summed E-state index contributed by atoms with van der Waals surface area (Å²) in [4.78, 5) is 4.29. The fourth-order valence-corrected chi connectivity index (χ4v) is 3.19. The van der Waals surface area contributed by atoms with Gasteiger partial charge in [0.2, 0.25) is 5.82 Å². The van der Waals surface area contributed by atoms with E-state index in [2.05, 4.69) is 10.1 Å². The molecular weight excluding hydrogens is 371 g/mol. The lowest BCUT2D eigenvalue weighted by Crippen LogP contribution is -1.92. The molecule has 0 saturated heterocycles. The Bertz CT molecular complexity index is 876. The molecule has 0 fully saturated rings. The summed E-state index contributed by atoms with van der Waals surface area (Å²) < 4.78 is 15.7. The van der Waals surface area contributed by atoms with E-state index in [1.807, 2.05) is 16.8 Å². The summed E-state index contributed by atoms with van der Waals surface area (Å²) in [6.45, 7) is 0. The van der Waals surface area contributed by atoms with E-state index in [1.165, 1.54) is 14.2 Å². The molecule has 0 N–H and O–H groups in total. The van der Waals surface area contributed by atoms with E-state index in [9.17, 15) is 0 Å². The highest BCUT2D eigenvalue weighted by Crippen LogP contribution is 2.37. The Morgan fingerprint density at radius 3 is 2.79 bits per heavy atom. The van der Waals surface area contributed by atoms with Gasteiger partial charge in [-0.1, -0.05) is 28.4 Å². The number of hydrogen-bond acceptors (Lipinski definition) is 6. The summed E-state index contributed by atoms with van der Waals surface area (Å²) in [5.74, 6) is 1.68. The molecule has 5 nitrogen and oxygen atoms in total. The van der Waals surface area contributed by atoms with E-state index in [4.69, 9.17) is 37.2 Å². The number of halogens is 2. The van der Waals surface area contributed by atoms with Crippen LogP contribution in [-0.4, -0.2) is 24.4 Å². The van der Waals surface area contributed by atoms with Gasteiger partial charge in [0.15, 0.2) is 11.5 Å². The van der Waals surface area contributed by atoms with Gasteiger partial charge in [-0.2, -0.15) is 16.3 Å². The van der Waals surface area contributed by atoms with Crippen molar-refractivity contribution in [2.45, 2.75) is 0 Å². The molecule has 3 rings (SSSR count). The molecule has 8 heteroatoms. The monoisotopic (exact) mass is 382 g/mol. The highest BCUT2D eigenvalue weighted by molar-refractivity contribution is 7.08. The van der Waals surface area contributed by atoms with E-state index in [0.29, 0.717) is 27.4 Å². The van der Waals surface area contributed by atoms with Crippen LogP contribution in [0.3, 0.4) is 0 Å². The van der Waals surface area contributed by atoms with Crippen LogP contribution in [0.5, 0.6) is 11.5 Å². The molecule has 0 aliphatic rings. The van der Waals surface area contributed by atoms with Gasteiger partial charge in [0, 0.05) is 10.9 Å². The van der Waals surface area contributed by atoms with Gasteiger partial charge in [0.25, 0.3) is 5.89 Å². The van der Waals surface area contributed by atoms with Gasteiger partial charge in [-0.15, -0.1) is 0 Å². The Labute approximate surface area is 152 Å². The molecule has 0 aliphatic carbocycles. The van der Waals surface area contributed by atoms with E-state index in [0.717, 1.165) is 11.1 Å². The maximum atomic E-state index is 6.29. The van der Waals surface area contributed by atoms with Crippen molar-refractivity contribution in [2.75, 3.05) is 14.2 Å². The van der Waals surface area contributed by atoms with Gasteiger partial charge in [0.05, 0.1) is 19.2 Å². The number of nitrogens with zero attached hydrogens (tertiary/aromatic N) is 2. The minimum atomic E-state index is 0.226. The first-order valence-corrected chi connectivity index (χ1v) is 8.47. The van der Waals surface area contributed by atoms with Crippen LogP contribution in [0.25, 0.3) is 22.5 Å². The number of hydrogen-bond donors (Lipinski definition) is 0. The second-order valence-electron chi connectivity index (χ2n) is 4.67. The van der Waals surface area contributed by atoms with Crippen molar-refractivity contribution in [2.24, 2.45) is 0 Å². The van der Waals surface area contributed by atoms with Crippen molar-refractivity contribution in [3.63, 3.8) is 0 Å². The first-order valence-electron chi connectivity index (χ1n) is 6.77. The van der Waals surface area contributed by atoms with E-state index >= 15 is 0 Å². The Kier molecular flexibility index (Phi) is 5.08. The summed E-state index contributed by atoms with van der Waals surface area (Å²) in [6.07, 6.45) is 1.67. The minimum absolute atomic E-state index is 0.226. The molecule has 2 aromatic heterocycles. The number of rotatable bonds is 5. The Hall–Kier alpha value is -2.02. The molecule has 3 aromatic rings. The summed E-state index contributed by atoms with van der Waals surface area (Å²) in [6, 6.07) is 5.37. The number of thiophene rings is 1. The summed E-state index contributed by atoms with van der Waals surface area (Å²) in [5, 5.41) is 8.51. The average Bonchev–Trinajstić information content (AvgIpc) is 3.25. The first kappa shape index (κ1) is 16.8. The zero-order chi connectivity index (χ0) is 17.1. The fraction of sp³-hybridized carbons (Fsp3) is 0.125. The van der Waals surface area contributed by atoms with Crippen LogP contribution in [-0.2, 0) is 0 Å². The number of methoxy groups -OCH3 is 2. The van der Waals surface area contributed by atoms with Crippen molar-refractivity contribution in [3.05, 3.63) is 45.4 Å². The van der Waals surface area contributed by atoms with Gasteiger partial charge >= 0.3 is 0 Å². The lowest BCUT2D eigenvalue weighted by molar-refractivity contribution is 0.355. The largest absolute Gasteiger partial charge is 0.493 e. The fourth-order valence-electron chi connectivity index (χ4n) is 2.06. The summed E-state index contributed by atoms with van der Waals surface area (Å²) in [5.41, 5.74) is 1.60. The number of benzene rings is 1. The van der Waals surface area contributed by atoms with Gasteiger partial charge in [-0.05, 0) is 35.2 Å². The molecule has 0 spiro atoms. The molecular formula is C16H12Cl2N2O3S. The Morgan fingerprint density at radius 1 is 1.29 bits per heavy atom. The van der Waals surface area contributed by atoms with Crippen molar-refractivity contribution >= 4 is 45.6 Å². The molecule has 124 valence electrons. The quantitative estimate of drug-likeness (QED) is 0.606. The second-order valence-corrected chi connectivity index (χ2v) is 6.26. The van der Waals surface area contributed by atoms with E-state index in [-0.39, 0.29) is 5.89 Å². The zero-order valence-corrected chi connectivity index (χ0v) is 15.1. The molecule has 0 unspecified atom stereocenters. The van der Waals surface area contributed by atoms with Gasteiger partial charge in [-0.25, -0.2) is 0 Å². The van der Waals surface area contributed by atoms with Crippen LogP contribution in [0.2, 0.25) is 5.02 Å². The van der Waals surface area contributed by atoms with Crippen LogP contribution in [0.4, 0.5) is 0 Å². The third kappa shape index (κ3) is 3.40. The van der Waals surface area contributed by atoms with Crippen LogP contribution in [0.15, 0.2) is 33.5 Å². The van der Waals surface area contributed by atoms with Crippen molar-refractivity contribution < 1.29 is 14.0 Å². The molecule has 0 atom stereocenters. The maximum Gasteiger partial charge on any atom is 0.269 e. The lowest BCUT2D eigenvalue weighted by Gasteiger charge is -2.10. The average molecular weight is 383 g/mol. The standard InChI is InChI=1S/C16H12Cl2N2O3S/c1-21-13-7-9(5-11(17)14(13)22-2)6-12(18)16-19-15(20-23-16)10-3-4-24-8-10/h3-8H,1-2H3/b12-6+. The normalized spacial score (nSPS) is 11.6. The number of ether oxygens (including phenoxy) is 2. The smallest absolute Gasteiger partial charge is 0.269 e. The molecule has 0 radical (unpaired) electrons. The second kappa shape index (κ2) is 7.25. The predicted octanol–water partition coefficient (Wildman–Crippen LogP) is 5.21. The molecule has 24 heavy (non-hydrogen) atoms. The van der Waals surface area contributed by atoms with Crippen LogP contribution in [0.1, 0.15) is 11.5 Å². The van der Waals surface area contributed by atoms with Crippen molar-refractivity contribution in [1.29, 1.82) is 0 Å². The molecule has 1 aromatic carbocycles. The van der Waals surface area contributed by atoms with E-state index < -0.39 is 0 Å². The maximum absolute atomic E-state index is 6.29. The zero-order valence-electron chi connectivity index (χ0n) is 12.7. The summed E-state index contributed by atoms with van der Waals surface area (Å²) in [7, 11) is 3.06. The molecule has 0 aliphatic heterocycles. The van der Waals surface area contributed by atoms with Gasteiger partial charge in [-0.3, -0.25) is 0 Å². The van der Waals surface area contributed by atoms with E-state index in [1.54, 1.807) is 29.5 Å².